The van der Waals surface area contributed by atoms with Crippen molar-refractivity contribution in [1.82, 2.24) is 4.31 Å². The van der Waals surface area contributed by atoms with Crippen molar-refractivity contribution in [1.29, 1.82) is 0 Å². The molecule has 0 atom stereocenters. The Kier molecular flexibility index (Phi) is 7.06. The smallest absolute Gasteiger partial charge is 0.245 e. The minimum Gasteiger partial charge on any atom is -0.322 e. The van der Waals surface area contributed by atoms with Gasteiger partial charge in [-0.05, 0) is 43.2 Å². The highest BCUT2D eigenvalue weighted by Gasteiger charge is 2.29. The van der Waals surface area contributed by atoms with Crippen LogP contribution in [0.5, 0.6) is 0 Å². The number of benzene rings is 2. The molecular formula is C17H16Cl4N2O3S. The first-order valence-corrected chi connectivity index (χ1v) is 10.6. The van der Waals surface area contributed by atoms with Crippen LogP contribution >= 0.6 is 46.4 Å². The van der Waals surface area contributed by atoms with E-state index in [1.54, 1.807) is 38.1 Å². The Morgan fingerprint density at radius 2 is 1.63 bits per heavy atom. The van der Waals surface area contributed by atoms with E-state index in [1.807, 2.05) is 0 Å². The molecule has 27 heavy (non-hydrogen) atoms. The first-order chi connectivity index (χ1) is 12.5. The van der Waals surface area contributed by atoms with Gasteiger partial charge in [0.15, 0.2) is 0 Å². The van der Waals surface area contributed by atoms with Crippen LogP contribution in [0.15, 0.2) is 29.2 Å². The summed E-state index contributed by atoms with van der Waals surface area (Å²) in [6.07, 6.45) is 0. The van der Waals surface area contributed by atoms with E-state index in [0.29, 0.717) is 11.1 Å². The average molecular weight is 470 g/mol. The number of hydrogen-bond acceptors (Lipinski definition) is 3. The summed E-state index contributed by atoms with van der Waals surface area (Å²) < 4.78 is 26.8. The molecule has 2 rings (SSSR count). The van der Waals surface area contributed by atoms with Crippen LogP contribution in [0.1, 0.15) is 11.1 Å². The number of amides is 1. The van der Waals surface area contributed by atoms with Gasteiger partial charge in [0.25, 0.3) is 0 Å². The molecule has 1 N–H and O–H groups in total. The molecule has 0 bridgehead atoms. The highest BCUT2D eigenvalue weighted by molar-refractivity contribution is 7.89. The summed E-state index contributed by atoms with van der Waals surface area (Å²) in [4.78, 5) is 12.2. The monoisotopic (exact) mass is 468 g/mol. The number of nitrogens with one attached hydrogen (secondary N) is 1. The van der Waals surface area contributed by atoms with E-state index < -0.39 is 22.5 Å². The minimum atomic E-state index is -4.06. The lowest BCUT2D eigenvalue weighted by Gasteiger charge is -2.20. The van der Waals surface area contributed by atoms with Gasteiger partial charge in [-0.15, -0.1) is 0 Å². The number of carbonyl (C=O) groups is 1. The summed E-state index contributed by atoms with van der Waals surface area (Å²) in [5.74, 6) is -0.608. The Morgan fingerprint density at radius 3 is 2.19 bits per heavy atom. The zero-order chi connectivity index (χ0) is 20.5. The van der Waals surface area contributed by atoms with Crippen LogP contribution in [-0.2, 0) is 14.8 Å². The first kappa shape index (κ1) is 22.3. The molecule has 0 aliphatic rings. The number of para-hydroxylation sites is 1. The van der Waals surface area contributed by atoms with Gasteiger partial charge in [0.05, 0.1) is 27.3 Å². The summed E-state index contributed by atoms with van der Waals surface area (Å²) in [6.45, 7) is 2.74. The summed E-state index contributed by atoms with van der Waals surface area (Å²) in [7, 11) is -2.79. The topological polar surface area (TPSA) is 66.5 Å². The SMILES string of the molecule is Cc1cc(Cl)c(C)c(S(=O)(=O)N(C)CC(=O)Nc2c(Cl)cccc2Cl)c1Cl. The molecule has 0 aliphatic carbocycles. The molecule has 0 heterocycles. The number of hydrogen-bond donors (Lipinski definition) is 1. The zero-order valence-electron chi connectivity index (χ0n) is 14.6. The third kappa shape index (κ3) is 4.70. The second kappa shape index (κ2) is 8.55. The van der Waals surface area contributed by atoms with Crippen LogP contribution in [-0.4, -0.2) is 32.2 Å². The van der Waals surface area contributed by atoms with Crippen molar-refractivity contribution in [2.24, 2.45) is 0 Å². The van der Waals surface area contributed by atoms with E-state index in [0.717, 1.165) is 4.31 Å². The van der Waals surface area contributed by atoms with Gasteiger partial charge in [0.2, 0.25) is 15.9 Å². The van der Waals surface area contributed by atoms with Crippen LogP contribution in [0.4, 0.5) is 5.69 Å². The lowest BCUT2D eigenvalue weighted by Crippen LogP contribution is -2.35. The minimum absolute atomic E-state index is 0.0679. The van der Waals surface area contributed by atoms with Crippen LogP contribution in [0.2, 0.25) is 20.1 Å². The predicted octanol–water partition coefficient (Wildman–Crippen LogP) is 5.18. The van der Waals surface area contributed by atoms with Crippen molar-refractivity contribution in [2.45, 2.75) is 18.7 Å². The van der Waals surface area contributed by atoms with E-state index >= 15 is 0 Å². The van der Waals surface area contributed by atoms with Gasteiger partial charge in [-0.2, -0.15) is 4.31 Å². The molecule has 5 nitrogen and oxygen atoms in total. The highest BCUT2D eigenvalue weighted by Crippen LogP contribution is 2.35. The van der Waals surface area contributed by atoms with E-state index in [-0.39, 0.29) is 30.7 Å². The van der Waals surface area contributed by atoms with Crippen LogP contribution in [0.3, 0.4) is 0 Å². The normalized spacial score (nSPS) is 11.7. The van der Waals surface area contributed by atoms with Gasteiger partial charge in [-0.25, -0.2) is 8.42 Å². The predicted molar refractivity (Wildman–Crippen MR) is 111 cm³/mol. The summed E-state index contributed by atoms with van der Waals surface area (Å²) in [5, 5.41) is 3.34. The second-order valence-corrected chi connectivity index (χ2v) is 9.43. The summed E-state index contributed by atoms with van der Waals surface area (Å²) in [5.41, 5.74) is 1.05. The van der Waals surface area contributed by atoms with Gasteiger partial charge < -0.3 is 5.32 Å². The third-order valence-corrected chi connectivity index (χ3v) is 7.45. The van der Waals surface area contributed by atoms with Crippen molar-refractivity contribution in [3.63, 3.8) is 0 Å². The molecule has 2 aromatic rings. The molecule has 0 unspecified atom stereocenters. The lowest BCUT2D eigenvalue weighted by atomic mass is 10.2. The second-order valence-electron chi connectivity index (χ2n) is 5.85. The number of sulfonamides is 1. The molecule has 0 saturated carbocycles. The Morgan fingerprint density at radius 1 is 1.07 bits per heavy atom. The number of halogens is 4. The zero-order valence-corrected chi connectivity index (χ0v) is 18.4. The highest BCUT2D eigenvalue weighted by atomic mass is 35.5. The van der Waals surface area contributed by atoms with Crippen molar-refractivity contribution >= 4 is 68.0 Å². The fraction of sp³-hybridized carbons (Fsp3) is 0.235. The number of likely N-dealkylation sites (N-methyl/N-ethyl adjacent to an activating group) is 1. The molecule has 0 aliphatic heterocycles. The number of carbonyl (C=O) groups excluding carboxylic acids is 1. The maximum absolute atomic E-state index is 13.0. The van der Waals surface area contributed by atoms with Crippen LogP contribution in [0.25, 0.3) is 0 Å². The first-order valence-electron chi connectivity index (χ1n) is 7.62. The van der Waals surface area contributed by atoms with E-state index in [1.165, 1.54) is 7.05 Å². The molecule has 0 saturated heterocycles. The molecule has 146 valence electrons. The van der Waals surface area contributed by atoms with E-state index in [2.05, 4.69) is 5.32 Å². The van der Waals surface area contributed by atoms with Gasteiger partial charge in [-0.3, -0.25) is 4.79 Å². The maximum atomic E-state index is 13.0. The largest absolute Gasteiger partial charge is 0.322 e. The van der Waals surface area contributed by atoms with Gasteiger partial charge >= 0.3 is 0 Å². The van der Waals surface area contributed by atoms with Gasteiger partial charge in [-0.1, -0.05) is 52.5 Å². The molecule has 0 fully saturated rings. The molecule has 2 aromatic carbocycles. The number of anilines is 1. The van der Waals surface area contributed by atoms with Gasteiger partial charge in [0, 0.05) is 12.1 Å². The lowest BCUT2D eigenvalue weighted by molar-refractivity contribution is -0.116. The van der Waals surface area contributed by atoms with Crippen molar-refractivity contribution in [3.8, 4) is 0 Å². The fourth-order valence-corrected chi connectivity index (χ4v) is 5.14. The molecule has 0 aromatic heterocycles. The third-order valence-electron chi connectivity index (χ3n) is 3.85. The van der Waals surface area contributed by atoms with Crippen LogP contribution < -0.4 is 5.32 Å². The van der Waals surface area contributed by atoms with Crippen molar-refractivity contribution in [2.75, 3.05) is 18.9 Å². The van der Waals surface area contributed by atoms with Gasteiger partial charge in [0.1, 0.15) is 4.90 Å². The van der Waals surface area contributed by atoms with Crippen molar-refractivity contribution in [3.05, 3.63) is 55.5 Å². The average Bonchev–Trinajstić information content (AvgIpc) is 2.56. The maximum Gasteiger partial charge on any atom is 0.245 e. The molecule has 0 spiro atoms. The molecule has 10 heteroatoms. The number of aryl methyl sites for hydroxylation is 1. The Hall–Kier alpha value is -1.02. The Labute approximate surface area is 178 Å². The van der Waals surface area contributed by atoms with Crippen molar-refractivity contribution < 1.29 is 13.2 Å². The fourth-order valence-electron chi connectivity index (χ4n) is 2.36. The molecule has 0 radical (unpaired) electrons. The van der Waals surface area contributed by atoms with Crippen LogP contribution in [0, 0.1) is 13.8 Å². The Balaban J connectivity index is 2.30. The quantitative estimate of drug-likeness (QED) is 0.656. The van der Waals surface area contributed by atoms with E-state index in [4.69, 9.17) is 46.4 Å². The van der Waals surface area contributed by atoms with E-state index in [9.17, 15) is 13.2 Å². The molecule has 1 amide bonds. The number of rotatable bonds is 5. The molecular weight excluding hydrogens is 454 g/mol. The standard InChI is InChI=1S/C17H16Cl4N2O3S/c1-9-7-13(20)10(2)17(15(9)21)27(25,26)23(3)8-14(24)22-16-11(18)5-4-6-12(16)19/h4-7H,8H2,1-3H3,(H,22,24). The Bertz CT molecular complexity index is 963. The summed E-state index contributed by atoms with van der Waals surface area (Å²) >= 11 is 24.3. The number of nitrogens with zero attached hydrogens (tertiary/aromatic N) is 1. The summed E-state index contributed by atoms with van der Waals surface area (Å²) in [6, 6.07) is 6.33.